The minimum Gasteiger partial charge on any atom is -0.352 e. The Morgan fingerprint density at radius 2 is 1.93 bits per heavy atom. The topological polar surface area (TPSA) is 55.1 Å². The fraction of sp³-hybridized carbons (Fsp3) is 0.917. The number of nitrogens with two attached hydrogens (primary N) is 1. The quantitative estimate of drug-likeness (QED) is 0.734. The van der Waals surface area contributed by atoms with E-state index >= 15 is 0 Å². The first kappa shape index (κ1) is 14.4. The monoisotopic (exact) mass is 214 g/mol. The van der Waals surface area contributed by atoms with Gasteiger partial charge in [-0.2, -0.15) is 0 Å². The van der Waals surface area contributed by atoms with Gasteiger partial charge in [-0.05, 0) is 17.8 Å². The highest BCUT2D eigenvalue weighted by Gasteiger charge is 2.23. The van der Waals surface area contributed by atoms with Gasteiger partial charge in [-0.15, -0.1) is 0 Å². The molecule has 0 rings (SSSR count). The summed E-state index contributed by atoms with van der Waals surface area (Å²) < 4.78 is 0. The highest BCUT2D eigenvalue weighted by Crippen LogP contribution is 2.27. The standard InChI is InChI=1S/C12H26N2O/c1-6-10(8-13)14-11(15)7-9(2)12(3,4)5/h9-10H,6-8,13H2,1-5H3,(H,14,15). The van der Waals surface area contributed by atoms with E-state index in [1.54, 1.807) is 0 Å². The summed E-state index contributed by atoms with van der Waals surface area (Å²) in [6.07, 6.45) is 1.48. The normalized spacial score (nSPS) is 15.9. The van der Waals surface area contributed by atoms with Crippen LogP contribution in [0.15, 0.2) is 0 Å². The third-order valence-corrected chi connectivity index (χ3v) is 3.11. The van der Waals surface area contributed by atoms with Crippen LogP contribution < -0.4 is 11.1 Å². The van der Waals surface area contributed by atoms with Crippen LogP contribution in [0.25, 0.3) is 0 Å². The van der Waals surface area contributed by atoms with Crippen LogP contribution in [0, 0.1) is 11.3 Å². The number of hydrogen-bond acceptors (Lipinski definition) is 2. The van der Waals surface area contributed by atoms with Gasteiger partial charge in [0.2, 0.25) is 5.91 Å². The summed E-state index contributed by atoms with van der Waals surface area (Å²) in [6.45, 7) is 11.1. The molecule has 90 valence electrons. The maximum Gasteiger partial charge on any atom is 0.220 e. The second kappa shape index (κ2) is 6.11. The predicted octanol–water partition coefficient (Wildman–Crippen LogP) is 1.91. The zero-order valence-corrected chi connectivity index (χ0v) is 10.8. The van der Waals surface area contributed by atoms with Crippen molar-refractivity contribution in [3.05, 3.63) is 0 Å². The van der Waals surface area contributed by atoms with Crippen molar-refractivity contribution in [1.82, 2.24) is 5.32 Å². The summed E-state index contributed by atoms with van der Waals surface area (Å²) in [7, 11) is 0. The second-order valence-corrected chi connectivity index (χ2v) is 5.38. The molecule has 0 aliphatic carbocycles. The van der Waals surface area contributed by atoms with Crippen molar-refractivity contribution in [2.45, 2.75) is 53.5 Å². The summed E-state index contributed by atoms with van der Waals surface area (Å²) in [4.78, 5) is 11.7. The SMILES string of the molecule is CCC(CN)NC(=O)CC(C)C(C)(C)C. The molecular formula is C12H26N2O. The Hall–Kier alpha value is -0.570. The summed E-state index contributed by atoms with van der Waals surface area (Å²) in [5.41, 5.74) is 5.72. The van der Waals surface area contributed by atoms with Gasteiger partial charge in [0.1, 0.15) is 0 Å². The Kier molecular flexibility index (Phi) is 5.88. The van der Waals surface area contributed by atoms with Gasteiger partial charge in [0, 0.05) is 19.0 Å². The fourth-order valence-electron chi connectivity index (χ4n) is 1.20. The van der Waals surface area contributed by atoms with Gasteiger partial charge in [0.15, 0.2) is 0 Å². The Morgan fingerprint density at radius 1 is 1.40 bits per heavy atom. The molecule has 3 nitrogen and oxygen atoms in total. The van der Waals surface area contributed by atoms with Crippen LogP contribution in [0.1, 0.15) is 47.5 Å². The van der Waals surface area contributed by atoms with Gasteiger partial charge in [0.25, 0.3) is 0 Å². The Balaban J connectivity index is 4.04. The summed E-state index contributed by atoms with van der Waals surface area (Å²) in [6, 6.07) is 0.129. The van der Waals surface area contributed by atoms with Crippen molar-refractivity contribution < 1.29 is 4.79 Å². The highest BCUT2D eigenvalue weighted by molar-refractivity contribution is 5.76. The first-order valence-corrected chi connectivity index (χ1v) is 5.80. The highest BCUT2D eigenvalue weighted by atomic mass is 16.1. The van der Waals surface area contributed by atoms with Crippen molar-refractivity contribution in [3.8, 4) is 0 Å². The van der Waals surface area contributed by atoms with Crippen LogP contribution in [0.2, 0.25) is 0 Å². The van der Waals surface area contributed by atoms with Gasteiger partial charge >= 0.3 is 0 Å². The van der Waals surface area contributed by atoms with E-state index in [2.05, 4.69) is 33.0 Å². The van der Waals surface area contributed by atoms with Crippen molar-refractivity contribution in [2.75, 3.05) is 6.54 Å². The van der Waals surface area contributed by atoms with Gasteiger partial charge in [0.05, 0.1) is 0 Å². The largest absolute Gasteiger partial charge is 0.352 e. The van der Waals surface area contributed by atoms with Gasteiger partial charge in [-0.3, -0.25) is 4.79 Å². The summed E-state index contributed by atoms with van der Waals surface area (Å²) in [5.74, 6) is 0.502. The van der Waals surface area contributed by atoms with Crippen molar-refractivity contribution in [1.29, 1.82) is 0 Å². The molecule has 0 aromatic rings. The van der Waals surface area contributed by atoms with E-state index in [4.69, 9.17) is 5.73 Å². The number of carbonyl (C=O) groups is 1. The molecule has 0 aromatic carbocycles. The Bertz CT molecular complexity index is 192. The minimum atomic E-state index is 0.120. The molecule has 0 saturated carbocycles. The average molecular weight is 214 g/mol. The summed E-state index contributed by atoms with van der Waals surface area (Å²) in [5, 5.41) is 2.96. The third-order valence-electron chi connectivity index (χ3n) is 3.11. The van der Waals surface area contributed by atoms with Crippen LogP contribution in [-0.2, 0) is 4.79 Å². The van der Waals surface area contributed by atoms with E-state index in [0.717, 1.165) is 6.42 Å². The predicted molar refractivity (Wildman–Crippen MR) is 64.5 cm³/mol. The zero-order chi connectivity index (χ0) is 12.1. The van der Waals surface area contributed by atoms with E-state index in [1.165, 1.54) is 0 Å². The van der Waals surface area contributed by atoms with Gasteiger partial charge < -0.3 is 11.1 Å². The van der Waals surface area contributed by atoms with E-state index in [9.17, 15) is 4.79 Å². The molecule has 0 aliphatic heterocycles. The fourth-order valence-corrected chi connectivity index (χ4v) is 1.20. The first-order chi connectivity index (χ1) is 6.81. The van der Waals surface area contributed by atoms with Crippen LogP contribution >= 0.6 is 0 Å². The second-order valence-electron chi connectivity index (χ2n) is 5.38. The lowest BCUT2D eigenvalue weighted by Crippen LogP contribution is -2.40. The maximum absolute atomic E-state index is 11.7. The zero-order valence-electron chi connectivity index (χ0n) is 10.8. The van der Waals surface area contributed by atoms with Crippen LogP contribution in [0.5, 0.6) is 0 Å². The molecule has 2 atom stereocenters. The molecule has 0 bridgehead atoms. The molecule has 0 heterocycles. The number of amides is 1. The molecular weight excluding hydrogens is 188 g/mol. The van der Waals surface area contributed by atoms with Crippen molar-refractivity contribution in [3.63, 3.8) is 0 Å². The molecule has 0 aromatic heterocycles. The minimum absolute atomic E-state index is 0.120. The first-order valence-electron chi connectivity index (χ1n) is 5.80. The van der Waals surface area contributed by atoms with Crippen LogP contribution in [0.3, 0.4) is 0 Å². The summed E-state index contributed by atoms with van der Waals surface area (Å²) >= 11 is 0. The molecule has 1 amide bonds. The van der Waals surface area contributed by atoms with E-state index in [0.29, 0.717) is 18.9 Å². The van der Waals surface area contributed by atoms with E-state index in [1.807, 2.05) is 6.92 Å². The molecule has 0 aliphatic rings. The molecule has 0 fully saturated rings. The van der Waals surface area contributed by atoms with Crippen LogP contribution in [0.4, 0.5) is 0 Å². The molecule has 0 saturated heterocycles. The lowest BCUT2D eigenvalue weighted by molar-refractivity contribution is -0.123. The van der Waals surface area contributed by atoms with Crippen LogP contribution in [-0.4, -0.2) is 18.5 Å². The van der Waals surface area contributed by atoms with Crippen molar-refractivity contribution in [2.24, 2.45) is 17.1 Å². The van der Waals surface area contributed by atoms with Gasteiger partial charge in [-0.25, -0.2) is 0 Å². The Morgan fingerprint density at radius 3 is 2.27 bits per heavy atom. The smallest absolute Gasteiger partial charge is 0.220 e. The number of nitrogens with one attached hydrogen (secondary N) is 1. The molecule has 2 unspecified atom stereocenters. The Labute approximate surface area is 93.8 Å². The van der Waals surface area contributed by atoms with E-state index < -0.39 is 0 Å². The number of carbonyl (C=O) groups excluding carboxylic acids is 1. The van der Waals surface area contributed by atoms with E-state index in [-0.39, 0.29) is 17.4 Å². The lowest BCUT2D eigenvalue weighted by Gasteiger charge is -2.27. The van der Waals surface area contributed by atoms with Gasteiger partial charge in [-0.1, -0.05) is 34.6 Å². The average Bonchev–Trinajstić information content (AvgIpc) is 2.12. The molecule has 3 N–H and O–H groups in total. The number of hydrogen-bond donors (Lipinski definition) is 2. The molecule has 3 heteroatoms. The molecule has 0 spiro atoms. The molecule has 0 radical (unpaired) electrons. The lowest BCUT2D eigenvalue weighted by atomic mass is 9.80. The number of rotatable bonds is 5. The van der Waals surface area contributed by atoms with Crippen molar-refractivity contribution >= 4 is 5.91 Å². The third kappa shape index (κ3) is 5.78. The molecule has 15 heavy (non-hydrogen) atoms. The maximum atomic E-state index is 11.7.